The molecule has 1 amide bonds. The molecule has 194 valence electrons. The Hall–Kier alpha value is -2.75. The largest absolute Gasteiger partial charge is 0.382 e. The lowest BCUT2D eigenvalue weighted by atomic mass is 9.98. The first kappa shape index (κ1) is 27.8. The summed E-state index contributed by atoms with van der Waals surface area (Å²) in [5, 5.41) is 0.375. The number of benzene rings is 2. The molecule has 0 bridgehead atoms. The zero-order chi connectivity index (χ0) is 25.9. The monoisotopic (exact) mass is 515 g/mol. The van der Waals surface area contributed by atoms with Crippen molar-refractivity contribution in [3.63, 3.8) is 0 Å². The van der Waals surface area contributed by atoms with E-state index in [0.29, 0.717) is 36.2 Å². The highest BCUT2D eigenvalue weighted by Gasteiger charge is 2.24. The van der Waals surface area contributed by atoms with Crippen LogP contribution < -0.4 is 5.48 Å². The Morgan fingerprint density at radius 3 is 2.50 bits per heavy atom. The zero-order valence-corrected chi connectivity index (χ0v) is 22.0. The van der Waals surface area contributed by atoms with Gasteiger partial charge < -0.3 is 18.8 Å². The number of rotatable bonds is 14. The molecule has 0 radical (unpaired) electrons. The van der Waals surface area contributed by atoms with Crippen LogP contribution in [0.4, 0.5) is 0 Å². The lowest BCUT2D eigenvalue weighted by Gasteiger charge is -2.20. The van der Waals surface area contributed by atoms with Crippen molar-refractivity contribution in [2.75, 3.05) is 34.5 Å². The van der Waals surface area contributed by atoms with Gasteiger partial charge in [-0.1, -0.05) is 67.4 Å². The molecule has 3 aromatic rings. The van der Waals surface area contributed by atoms with Crippen molar-refractivity contribution in [3.8, 4) is 11.1 Å². The maximum absolute atomic E-state index is 12.4. The van der Waals surface area contributed by atoms with Crippen LogP contribution in [-0.4, -0.2) is 50.0 Å². The van der Waals surface area contributed by atoms with E-state index in [1.807, 2.05) is 42.5 Å². The average Bonchev–Trinajstić information content (AvgIpc) is 3.20. The number of aromatic nitrogens is 2. The molecule has 0 saturated carbocycles. The van der Waals surface area contributed by atoms with Crippen LogP contribution >= 0.6 is 11.6 Å². The number of methoxy groups -OCH3 is 2. The highest BCUT2D eigenvalue weighted by atomic mass is 35.5. The van der Waals surface area contributed by atoms with Gasteiger partial charge in [-0.25, -0.2) is 10.5 Å². The van der Waals surface area contributed by atoms with Crippen molar-refractivity contribution in [2.24, 2.45) is 0 Å². The maximum Gasteiger partial charge on any atom is 0.275 e. The summed E-state index contributed by atoms with van der Waals surface area (Å²) in [6, 6.07) is 15.5. The highest BCUT2D eigenvalue weighted by Crippen LogP contribution is 2.30. The number of halogens is 1. The molecular formula is C27H34ClN3O5. The lowest BCUT2D eigenvalue weighted by Crippen LogP contribution is -2.22. The van der Waals surface area contributed by atoms with Gasteiger partial charge in [-0.3, -0.25) is 9.63 Å². The number of carbonyl (C=O) groups is 1. The number of unbranched alkanes of at least 4 members (excludes halogenated alkanes) is 1. The van der Waals surface area contributed by atoms with Gasteiger partial charge in [-0.15, -0.1) is 0 Å². The van der Waals surface area contributed by atoms with Crippen molar-refractivity contribution < 1.29 is 23.8 Å². The summed E-state index contributed by atoms with van der Waals surface area (Å²) < 4.78 is 18.7. The molecule has 0 aliphatic rings. The number of aryl methyl sites for hydroxylation is 1. The van der Waals surface area contributed by atoms with Crippen molar-refractivity contribution in [3.05, 3.63) is 76.3 Å². The molecule has 1 unspecified atom stereocenters. The number of hydrogen-bond acceptors (Lipinski definition) is 6. The smallest absolute Gasteiger partial charge is 0.275 e. The minimum absolute atomic E-state index is 0.297. The van der Waals surface area contributed by atoms with Gasteiger partial charge in [0.1, 0.15) is 11.5 Å². The quantitative estimate of drug-likeness (QED) is 0.181. The summed E-state index contributed by atoms with van der Waals surface area (Å²) >= 11 is 6.59. The molecule has 2 aromatic carbocycles. The molecule has 0 aliphatic carbocycles. The average molecular weight is 516 g/mol. The van der Waals surface area contributed by atoms with Gasteiger partial charge in [0.05, 0.1) is 20.3 Å². The van der Waals surface area contributed by atoms with Crippen LogP contribution in [-0.2, 0) is 32.0 Å². The van der Waals surface area contributed by atoms with E-state index in [2.05, 4.69) is 22.0 Å². The SMILES string of the molecule is CCCCc1nc(Cl)c(C(OC)OCCOC)n1Cc1ccc(-c2ccccc2C(=O)NOC)cc1. The second-order valence-corrected chi connectivity index (χ2v) is 8.56. The number of carbonyl (C=O) groups excluding carboxylic acids is 1. The second-order valence-electron chi connectivity index (χ2n) is 8.20. The highest BCUT2D eigenvalue weighted by molar-refractivity contribution is 6.30. The zero-order valence-electron chi connectivity index (χ0n) is 21.3. The van der Waals surface area contributed by atoms with Crippen LogP contribution in [0.25, 0.3) is 11.1 Å². The molecule has 0 saturated heterocycles. The molecule has 36 heavy (non-hydrogen) atoms. The first-order chi connectivity index (χ1) is 17.5. The molecule has 9 heteroatoms. The van der Waals surface area contributed by atoms with E-state index in [4.69, 9.17) is 30.6 Å². The molecular weight excluding hydrogens is 482 g/mol. The third kappa shape index (κ3) is 6.93. The molecule has 0 aliphatic heterocycles. The van der Waals surface area contributed by atoms with E-state index in [-0.39, 0.29) is 5.91 Å². The third-order valence-corrected chi connectivity index (χ3v) is 6.04. The van der Waals surface area contributed by atoms with Crippen molar-refractivity contribution in [1.29, 1.82) is 0 Å². The predicted octanol–water partition coefficient (Wildman–Crippen LogP) is 5.19. The van der Waals surface area contributed by atoms with Crippen LogP contribution in [0.3, 0.4) is 0 Å². The summed E-state index contributed by atoms with van der Waals surface area (Å²) in [5.74, 6) is 0.592. The Morgan fingerprint density at radius 1 is 1.08 bits per heavy atom. The Bertz CT molecular complexity index is 1120. The van der Waals surface area contributed by atoms with Crippen molar-refractivity contribution >= 4 is 17.5 Å². The second kappa shape index (κ2) is 14.1. The first-order valence-electron chi connectivity index (χ1n) is 11.9. The molecule has 0 spiro atoms. The van der Waals surface area contributed by atoms with E-state index in [1.54, 1.807) is 20.3 Å². The summed E-state index contributed by atoms with van der Waals surface area (Å²) in [5.41, 5.74) is 6.41. The van der Waals surface area contributed by atoms with Gasteiger partial charge >= 0.3 is 0 Å². The van der Waals surface area contributed by atoms with Gasteiger partial charge in [-0.2, -0.15) is 0 Å². The van der Waals surface area contributed by atoms with Gasteiger partial charge in [0, 0.05) is 32.7 Å². The normalized spacial score (nSPS) is 12.0. The molecule has 8 nitrogen and oxygen atoms in total. The first-order valence-corrected chi connectivity index (χ1v) is 12.3. The topological polar surface area (TPSA) is 83.8 Å². The number of nitrogens with one attached hydrogen (secondary N) is 1. The van der Waals surface area contributed by atoms with Crippen LogP contribution in [0.15, 0.2) is 48.5 Å². The number of nitrogens with zero attached hydrogens (tertiary/aromatic N) is 2. The number of imidazole rings is 1. The van der Waals surface area contributed by atoms with E-state index in [1.165, 1.54) is 7.11 Å². The van der Waals surface area contributed by atoms with E-state index < -0.39 is 6.29 Å². The number of hydrogen-bond donors (Lipinski definition) is 1. The molecule has 1 atom stereocenters. The minimum atomic E-state index is -0.666. The molecule has 1 aromatic heterocycles. The van der Waals surface area contributed by atoms with Crippen LogP contribution in [0, 0.1) is 0 Å². The minimum Gasteiger partial charge on any atom is -0.382 e. The fourth-order valence-electron chi connectivity index (χ4n) is 3.96. The van der Waals surface area contributed by atoms with Gasteiger partial charge in [0.15, 0.2) is 5.15 Å². The van der Waals surface area contributed by atoms with Gasteiger partial charge in [-0.05, 0) is 29.2 Å². The van der Waals surface area contributed by atoms with E-state index >= 15 is 0 Å². The fraction of sp³-hybridized carbons (Fsp3) is 0.407. The van der Waals surface area contributed by atoms with Gasteiger partial charge in [0.2, 0.25) is 6.29 Å². The number of hydroxylamine groups is 1. The van der Waals surface area contributed by atoms with Crippen LogP contribution in [0.2, 0.25) is 5.15 Å². The summed E-state index contributed by atoms with van der Waals surface area (Å²) in [6.07, 6.45) is 2.17. The Kier molecular flexibility index (Phi) is 10.9. The summed E-state index contributed by atoms with van der Waals surface area (Å²) in [7, 11) is 4.62. The summed E-state index contributed by atoms with van der Waals surface area (Å²) in [6.45, 7) is 3.50. The number of ether oxygens (including phenoxy) is 3. The lowest BCUT2D eigenvalue weighted by molar-refractivity contribution is -0.139. The molecule has 3 rings (SSSR count). The van der Waals surface area contributed by atoms with E-state index in [9.17, 15) is 4.79 Å². The van der Waals surface area contributed by atoms with Crippen LogP contribution in [0.1, 0.15) is 53.5 Å². The fourth-order valence-corrected chi connectivity index (χ4v) is 4.25. The number of amides is 1. The standard InChI is InChI=1S/C27H34ClN3O5/c1-5-6-11-23-29-25(28)24(27(34-3)36-17-16-33-2)31(23)18-19-12-14-20(15-13-19)21-9-7-8-10-22(21)26(32)30-35-4/h7-10,12-15,27H,5-6,11,16-18H2,1-4H3,(H,30,32). The maximum atomic E-state index is 12.4. The molecule has 0 fully saturated rings. The molecule has 1 heterocycles. The molecule has 1 N–H and O–H groups in total. The predicted molar refractivity (Wildman–Crippen MR) is 139 cm³/mol. The Balaban J connectivity index is 1.91. The van der Waals surface area contributed by atoms with E-state index in [0.717, 1.165) is 41.8 Å². The van der Waals surface area contributed by atoms with Gasteiger partial charge in [0.25, 0.3) is 5.91 Å². The van der Waals surface area contributed by atoms with Crippen molar-refractivity contribution in [2.45, 2.75) is 39.0 Å². The van der Waals surface area contributed by atoms with Crippen LogP contribution in [0.5, 0.6) is 0 Å². The van der Waals surface area contributed by atoms with Crippen molar-refractivity contribution in [1.82, 2.24) is 15.0 Å². The third-order valence-electron chi connectivity index (χ3n) is 5.76. The Morgan fingerprint density at radius 2 is 1.83 bits per heavy atom. The summed E-state index contributed by atoms with van der Waals surface area (Å²) in [4.78, 5) is 21.8. The Labute approximate surface area is 217 Å².